The van der Waals surface area contributed by atoms with Crippen LogP contribution in [-0.4, -0.2) is 19.0 Å². The van der Waals surface area contributed by atoms with E-state index in [9.17, 15) is 14.0 Å². The van der Waals surface area contributed by atoms with E-state index in [2.05, 4.69) is 5.32 Å². The quantitative estimate of drug-likeness (QED) is 0.697. The number of carbonyl (C=O) groups excluding carboxylic acids is 2. The number of rotatable bonds is 4. The molecule has 7 heteroatoms. The molecular formula is C18H14FNO4S. The Labute approximate surface area is 147 Å². The fraction of sp³-hybridized carbons (Fsp3) is 0.111. The number of thiophene rings is 1. The highest BCUT2D eigenvalue weighted by molar-refractivity contribution is 7.15. The van der Waals surface area contributed by atoms with Gasteiger partial charge in [0.2, 0.25) is 0 Å². The van der Waals surface area contributed by atoms with Crippen molar-refractivity contribution in [3.05, 3.63) is 64.7 Å². The van der Waals surface area contributed by atoms with E-state index in [1.807, 2.05) is 0 Å². The molecule has 0 saturated carbocycles. The van der Waals surface area contributed by atoms with E-state index in [0.29, 0.717) is 21.9 Å². The van der Waals surface area contributed by atoms with Crippen molar-refractivity contribution in [3.8, 4) is 11.1 Å². The highest BCUT2D eigenvalue weighted by atomic mass is 32.1. The standard InChI is InChI=1S/C18H14FNO4S/c1-10-3-8-14(24-10)16(21)20-17-15(18(22)23-2)13(9-25-17)11-4-6-12(19)7-5-11/h3-9H,1-2H3,(H,20,21). The van der Waals surface area contributed by atoms with Crippen molar-refractivity contribution in [2.75, 3.05) is 12.4 Å². The molecule has 0 spiro atoms. The summed E-state index contributed by atoms with van der Waals surface area (Å²) < 4.78 is 23.3. The lowest BCUT2D eigenvalue weighted by Gasteiger charge is -2.07. The first kappa shape index (κ1) is 16.9. The van der Waals surface area contributed by atoms with Gasteiger partial charge in [-0.25, -0.2) is 9.18 Å². The van der Waals surface area contributed by atoms with E-state index in [1.54, 1.807) is 36.6 Å². The molecule has 0 radical (unpaired) electrons. The highest BCUT2D eigenvalue weighted by Gasteiger charge is 2.23. The predicted octanol–water partition coefficient (Wildman–Crippen LogP) is 4.49. The van der Waals surface area contributed by atoms with Crippen LogP contribution in [0.25, 0.3) is 11.1 Å². The minimum atomic E-state index is -0.591. The summed E-state index contributed by atoms with van der Waals surface area (Å²) in [5.74, 6) is -0.681. The van der Waals surface area contributed by atoms with Gasteiger partial charge in [-0.15, -0.1) is 11.3 Å². The molecule has 0 bridgehead atoms. The van der Waals surface area contributed by atoms with Gasteiger partial charge >= 0.3 is 5.97 Å². The van der Waals surface area contributed by atoms with E-state index < -0.39 is 11.9 Å². The number of hydrogen-bond donors (Lipinski definition) is 1. The molecule has 3 aromatic rings. The van der Waals surface area contributed by atoms with Crippen molar-refractivity contribution in [3.63, 3.8) is 0 Å². The zero-order valence-corrected chi connectivity index (χ0v) is 14.3. The minimum Gasteiger partial charge on any atom is -0.465 e. The number of esters is 1. The number of amides is 1. The van der Waals surface area contributed by atoms with Crippen molar-refractivity contribution in [2.24, 2.45) is 0 Å². The molecular weight excluding hydrogens is 345 g/mol. The van der Waals surface area contributed by atoms with Crippen LogP contribution in [0.2, 0.25) is 0 Å². The largest absolute Gasteiger partial charge is 0.465 e. The average molecular weight is 359 g/mol. The number of benzene rings is 1. The zero-order chi connectivity index (χ0) is 18.0. The molecule has 0 atom stereocenters. The molecule has 2 heterocycles. The third-order valence-electron chi connectivity index (χ3n) is 3.53. The van der Waals surface area contributed by atoms with Crippen molar-refractivity contribution in [2.45, 2.75) is 6.92 Å². The van der Waals surface area contributed by atoms with E-state index in [1.165, 1.54) is 30.6 Å². The van der Waals surface area contributed by atoms with E-state index in [0.717, 1.165) is 0 Å². The summed E-state index contributed by atoms with van der Waals surface area (Å²) in [6.45, 7) is 1.73. The van der Waals surface area contributed by atoms with Crippen molar-refractivity contribution in [1.82, 2.24) is 0 Å². The van der Waals surface area contributed by atoms with Gasteiger partial charge in [-0.05, 0) is 36.8 Å². The second kappa shape index (κ2) is 6.90. The number of nitrogens with one attached hydrogen (secondary N) is 1. The molecule has 1 N–H and O–H groups in total. The second-order valence-corrected chi connectivity index (χ2v) is 6.10. The zero-order valence-electron chi connectivity index (χ0n) is 13.5. The SMILES string of the molecule is COC(=O)c1c(-c2ccc(F)cc2)csc1NC(=O)c1ccc(C)o1. The molecule has 25 heavy (non-hydrogen) atoms. The molecule has 3 rings (SSSR count). The smallest absolute Gasteiger partial charge is 0.341 e. The lowest BCUT2D eigenvalue weighted by Crippen LogP contribution is -2.13. The molecule has 0 unspecified atom stereocenters. The Morgan fingerprint density at radius 1 is 1.16 bits per heavy atom. The minimum absolute atomic E-state index is 0.144. The fourth-order valence-corrected chi connectivity index (χ4v) is 3.27. The van der Waals surface area contributed by atoms with Crippen LogP contribution >= 0.6 is 11.3 Å². The first-order valence-corrected chi connectivity index (χ1v) is 8.21. The van der Waals surface area contributed by atoms with Crippen molar-refractivity contribution < 1.29 is 23.1 Å². The maximum Gasteiger partial charge on any atom is 0.341 e. The van der Waals surface area contributed by atoms with Crippen molar-refractivity contribution >= 4 is 28.2 Å². The Morgan fingerprint density at radius 3 is 2.48 bits per heavy atom. The number of carbonyl (C=O) groups is 2. The number of hydrogen-bond acceptors (Lipinski definition) is 5. The topological polar surface area (TPSA) is 68.5 Å². The molecule has 0 saturated heterocycles. The third kappa shape index (κ3) is 3.46. The average Bonchev–Trinajstić information content (AvgIpc) is 3.21. The summed E-state index contributed by atoms with van der Waals surface area (Å²) in [6, 6.07) is 8.96. The Morgan fingerprint density at radius 2 is 1.88 bits per heavy atom. The van der Waals surface area contributed by atoms with Crippen molar-refractivity contribution in [1.29, 1.82) is 0 Å². The molecule has 2 aromatic heterocycles. The number of anilines is 1. The van der Waals surface area contributed by atoms with Gasteiger partial charge in [0.25, 0.3) is 5.91 Å². The van der Waals surface area contributed by atoms with Gasteiger partial charge in [-0.2, -0.15) is 0 Å². The summed E-state index contributed by atoms with van der Waals surface area (Å²) in [5.41, 5.74) is 1.42. The van der Waals surface area contributed by atoms with Crippen LogP contribution in [0.3, 0.4) is 0 Å². The highest BCUT2D eigenvalue weighted by Crippen LogP contribution is 2.36. The number of ether oxygens (including phenoxy) is 1. The maximum atomic E-state index is 13.1. The van der Waals surface area contributed by atoms with Crippen LogP contribution in [0.15, 0.2) is 46.2 Å². The first-order chi connectivity index (χ1) is 12.0. The van der Waals surface area contributed by atoms with Gasteiger partial charge in [-0.1, -0.05) is 12.1 Å². The second-order valence-electron chi connectivity index (χ2n) is 5.22. The summed E-state index contributed by atoms with van der Waals surface area (Å²) in [6.07, 6.45) is 0. The van der Waals surface area contributed by atoms with E-state index in [-0.39, 0.29) is 17.1 Å². The molecule has 0 aliphatic rings. The van der Waals surface area contributed by atoms with Crippen LogP contribution in [0.1, 0.15) is 26.7 Å². The molecule has 128 valence electrons. The summed E-state index contributed by atoms with van der Waals surface area (Å²) in [5, 5.41) is 4.72. The monoisotopic (exact) mass is 359 g/mol. The lowest BCUT2D eigenvalue weighted by molar-refractivity contribution is 0.0603. The molecule has 0 aliphatic heterocycles. The Hall–Kier alpha value is -2.93. The lowest BCUT2D eigenvalue weighted by atomic mass is 10.0. The van der Waals surface area contributed by atoms with Gasteiger partial charge in [0, 0.05) is 10.9 Å². The summed E-state index contributed by atoms with van der Waals surface area (Å²) in [7, 11) is 1.26. The fourth-order valence-electron chi connectivity index (χ4n) is 2.32. The number of halogens is 1. The van der Waals surface area contributed by atoms with Crippen LogP contribution in [0, 0.1) is 12.7 Å². The Kier molecular flexibility index (Phi) is 4.67. The molecule has 0 fully saturated rings. The van der Waals surface area contributed by atoms with E-state index in [4.69, 9.17) is 9.15 Å². The van der Waals surface area contributed by atoms with Gasteiger partial charge in [0.05, 0.1) is 7.11 Å². The van der Waals surface area contributed by atoms with Gasteiger partial charge in [-0.3, -0.25) is 4.79 Å². The van der Waals surface area contributed by atoms with Gasteiger partial charge < -0.3 is 14.5 Å². The van der Waals surface area contributed by atoms with Gasteiger partial charge in [0.1, 0.15) is 22.1 Å². The number of aryl methyl sites for hydroxylation is 1. The molecule has 0 aliphatic carbocycles. The molecule has 5 nitrogen and oxygen atoms in total. The molecule has 1 amide bonds. The predicted molar refractivity (Wildman–Crippen MR) is 92.5 cm³/mol. The molecule has 1 aromatic carbocycles. The maximum absolute atomic E-state index is 13.1. The van der Waals surface area contributed by atoms with E-state index >= 15 is 0 Å². The van der Waals surface area contributed by atoms with Crippen LogP contribution < -0.4 is 5.32 Å². The number of furan rings is 1. The van der Waals surface area contributed by atoms with Crippen LogP contribution in [-0.2, 0) is 4.74 Å². The number of methoxy groups -OCH3 is 1. The summed E-state index contributed by atoms with van der Waals surface area (Å²) in [4.78, 5) is 24.5. The van der Waals surface area contributed by atoms with Gasteiger partial charge in [0.15, 0.2) is 5.76 Å². The summed E-state index contributed by atoms with van der Waals surface area (Å²) >= 11 is 1.18. The first-order valence-electron chi connectivity index (χ1n) is 7.33. The Balaban J connectivity index is 1.98. The van der Waals surface area contributed by atoms with Crippen LogP contribution in [0.4, 0.5) is 9.39 Å². The third-order valence-corrected chi connectivity index (χ3v) is 4.42. The van der Waals surface area contributed by atoms with Crippen LogP contribution in [0.5, 0.6) is 0 Å². The normalized spacial score (nSPS) is 10.5. The Bertz CT molecular complexity index is 927.